The maximum absolute atomic E-state index is 12.8. The molecule has 3 nitrogen and oxygen atoms in total. The number of anilines is 1. The zero-order valence-corrected chi connectivity index (χ0v) is 11.9. The molecule has 21 heavy (non-hydrogen) atoms. The van der Waals surface area contributed by atoms with E-state index >= 15 is 0 Å². The highest BCUT2D eigenvalue weighted by Gasteiger charge is 2.35. The van der Waals surface area contributed by atoms with Gasteiger partial charge >= 0.3 is 6.18 Å². The minimum atomic E-state index is -4.55. The molecule has 1 heterocycles. The smallest absolute Gasteiger partial charge is 0.398 e. The molecule has 6 heteroatoms. The van der Waals surface area contributed by atoms with Gasteiger partial charge < -0.3 is 10.6 Å². The number of rotatable bonds is 3. The second-order valence-corrected chi connectivity index (χ2v) is 5.46. The molecule has 2 N–H and O–H groups in total. The topological polar surface area (TPSA) is 46.3 Å². The number of hydrogen-bond acceptors (Lipinski definition) is 2. The van der Waals surface area contributed by atoms with E-state index in [4.69, 9.17) is 5.73 Å². The first kappa shape index (κ1) is 15.7. The van der Waals surface area contributed by atoms with E-state index in [9.17, 15) is 18.0 Å². The minimum Gasteiger partial charge on any atom is -0.398 e. The Morgan fingerprint density at radius 2 is 2.14 bits per heavy atom. The van der Waals surface area contributed by atoms with Gasteiger partial charge in [-0.3, -0.25) is 4.79 Å². The van der Waals surface area contributed by atoms with Crippen molar-refractivity contribution in [2.45, 2.75) is 32.4 Å². The molecule has 1 aromatic carbocycles. The number of nitrogens with two attached hydrogens (primary N) is 1. The SMILES string of the molecule is CCCC1CCN(C(=O)c2cccc(C(F)(F)F)c2N)C1. The Labute approximate surface area is 121 Å². The molecule has 1 atom stereocenters. The molecule has 0 aromatic heterocycles. The van der Waals surface area contributed by atoms with Crippen molar-refractivity contribution in [3.63, 3.8) is 0 Å². The number of nitrogens with zero attached hydrogens (tertiary/aromatic N) is 1. The van der Waals surface area contributed by atoms with Crippen molar-refractivity contribution in [2.75, 3.05) is 18.8 Å². The number of para-hydroxylation sites is 1. The first-order valence-electron chi connectivity index (χ1n) is 7.09. The van der Waals surface area contributed by atoms with E-state index in [0.717, 1.165) is 25.3 Å². The molecule has 1 unspecified atom stereocenters. The van der Waals surface area contributed by atoms with Crippen LogP contribution in [0.2, 0.25) is 0 Å². The zero-order chi connectivity index (χ0) is 15.6. The summed E-state index contributed by atoms with van der Waals surface area (Å²) >= 11 is 0. The molecule has 1 amide bonds. The largest absolute Gasteiger partial charge is 0.418 e. The van der Waals surface area contributed by atoms with Crippen molar-refractivity contribution in [3.8, 4) is 0 Å². The van der Waals surface area contributed by atoms with Crippen LogP contribution in [0, 0.1) is 5.92 Å². The van der Waals surface area contributed by atoms with Gasteiger partial charge in [-0.25, -0.2) is 0 Å². The molecule has 1 fully saturated rings. The quantitative estimate of drug-likeness (QED) is 0.868. The number of hydrogen-bond donors (Lipinski definition) is 1. The lowest BCUT2D eigenvalue weighted by Gasteiger charge is -2.19. The van der Waals surface area contributed by atoms with Crippen LogP contribution in [0.15, 0.2) is 18.2 Å². The molecule has 0 bridgehead atoms. The Morgan fingerprint density at radius 1 is 1.43 bits per heavy atom. The fourth-order valence-corrected chi connectivity index (χ4v) is 2.83. The number of carbonyl (C=O) groups is 1. The molecule has 1 aliphatic rings. The van der Waals surface area contributed by atoms with E-state index in [-0.39, 0.29) is 5.56 Å². The molecular formula is C15H19F3N2O. The summed E-state index contributed by atoms with van der Waals surface area (Å²) in [5, 5.41) is 0. The number of likely N-dealkylation sites (tertiary alicyclic amines) is 1. The standard InChI is InChI=1S/C15H19F3N2O/c1-2-4-10-7-8-20(9-10)14(21)11-5-3-6-12(13(11)19)15(16,17)18/h3,5-6,10H,2,4,7-9,19H2,1H3. The summed E-state index contributed by atoms with van der Waals surface area (Å²) < 4.78 is 38.5. The van der Waals surface area contributed by atoms with Crippen molar-refractivity contribution in [3.05, 3.63) is 29.3 Å². The third-order valence-corrected chi connectivity index (χ3v) is 3.91. The van der Waals surface area contributed by atoms with Gasteiger partial charge in [0.25, 0.3) is 5.91 Å². The summed E-state index contributed by atoms with van der Waals surface area (Å²) in [6.07, 6.45) is -1.57. The average molecular weight is 300 g/mol. The fraction of sp³-hybridized carbons (Fsp3) is 0.533. The lowest BCUT2D eigenvalue weighted by atomic mass is 10.0. The Morgan fingerprint density at radius 3 is 2.76 bits per heavy atom. The number of alkyl halides is 3. The Kier molecular flexibility index (Phi) is 4.44. The van der Waals surface area contributed by atoms with Crippen molar-refractivity contribution in [1.82, 2.24) is 4.90 Å². The summed E-state index contributed by atoms with van der Waals surface area (Å²) in [5.74, 6) is 0.0307. The van der Waals surface area contributed by atoms with Crippen LogP contribution in [0.5, 0.6) is 0 Å². The predicted octanol–water partition coefficient (Wildman–Crippen LogP) is 3.55. The normalized spacial score (nSPS) is 19.0. The molecule has 0 radical (unpaired) electrons. The van der Waals surface area contributed by atoms with Gasteiger partial charge in [0.2, 0.25) is 0 Å². The highest BCUT2D eigenvalue weighted by atomic mass is 19.4. The van der Waals surface area contributed by atoms with E-state index in [1.54, 1.807) is 4.90 Å². The highest BCUT2D eigenvalue weighted by Crippen LogP contribution is 2.35. The van der Waals surface area contributed by atoms with E-state index in [1.165, 1.54) is 12.1 Å². The van der Waals surface area contributed by atoms with Gasteiger partial charge in [-0.05, 0) is 30.9 Å². The van der Waals surface area contributed by atoms with Gasteiger partial charge in [-0.2, -0.15) is 13.2 Å². The summed E-state index contributed by atoms with van der Waals surface area (Å²) in [4.78, 5) is 14.0. The van der Waals surface area contributed by atoms with Crippen molar-refractivity contribution in [1.29, 1.82) is 0 Å². The lowest BCUT2D eigenvalue weighted by Crippen LogP contribution is -2.30. The van der Waals surface area contributed by atoms with Crippen molar-refractivity contribution < 1.29 is 18.0 Å². The molecule has 1 aromatic rings. The van der Waals surface area contributed by atoms with E-state index in [2.05, 4.69) is 6.92 Å². The molecular weight excluding hydrogens is 281 g/mol. The van der Waals surface area contributed by atoms with Gasteiger partial charge in [-0.15, -0.1) is 0 Å². The Bertz CT molecular complexity index is 528. The third-order valence-electron chi connectivity index (χ3n) is 3.91. The van der Waals surface area contributed by atoms with Gasteiger partial charge in [0.05, 0.1) is 16.8 Å². The van der Waals surface area contributed by atoms with E-state index < -0.39 is 23.3 Å². The minimum absolute atomic E-state index is 0.0537. The second kappa shape index (κ2) is 5.95. The van der Waals surface area contributed by atoms with Crippen LogP contribution in [0.4, 0.5) is 18.9 Å². The summed E-state index contributed by atoms with van der Waals surface area (Å²) in [6.45, 7) is 3.26. The first-order chi connectivity index (χ1) is 9.84. The predicted molar refractivity (Wildman–Crippen MR) is 74.8 cm³/mol. The molecule has 0 spiro atoms. The van der Waals surface area contributed by atoms with Crippen LogP contribution in [0.3, 0.4) is 0 Å². The van der Waals surface area contributed by atoms with Crippen LogP contribution in [0.25, 0.3) is 0 Å². The van der Waals surface area contributed by atoms with Crippen LogP contribution in [-0.2, 0) is 6.18 Å². The summed E-state index contributed by atoms with van der Waals surface area (Å²) in [7, 11) is 0. The van der Waals surface area contributed by atoms with Crippen LogP contribution < -0.4 is 5.73 Å². The number of nitrogen functional groups attached to an aromatic ring is 1. The maximum atomic E-state index is 12.8. The third kappa shape index (κ3) is 3.31. The molecule has 1 aliphatic heterocycles. The van der Waals surface area contributed by atoms with Gasteiger partial charge in [-0.1, -0.05) is 19.4 Å². The van der Waals surface area contributed by atoms with E-state index in [0.29, 0.717) is 19.0 Å². The molecule has 0 saturated carbocycles. The molecule has 116 valence electrons. The van der Waals surface area contributed by atoms with Crippen LogP contribution in [0.1, 0.15) is 42.1 Å². The first-order valence-corrected chi connectivity index (χ1v) is 7.09. The van der Waals surface area contributed by atoms with Gasteiger partial charge in [0.1, 0.15) is 0 Å². The molecule has 2 rings (SSSR count). The highest BCUT2D eigenvalue weighted by molar-refractivity contribution is 6.00. The number of carbonyl (C=O) groups excluding carboxylic acids is 1. The van der Waals surface area contributed by atoms with Crippen LogP contribution >= 0.6 is 0 Å². The summed E-state index contributed by atoms with van der Waals surface area (Å²) in [5.41, 5.74) is 4.09. The van der Waals surface area contributed by atoms with Gasteiger partial charge in [0.15, 0.2) is 0 Å². The van der Waals surface area contributed by atoms with Crippen LogP contribution in [-0.4, -0.2) is 23.9 Å². The number of amides is 1. The zero-order valence-electron chi connectivity index (χ0n) is 11.9. The fourth-order valence-electron chi connectivity index (χ4n) is 2.83. The summed E-state index contributed by atoms with van der Waals surface area (Å²) in [6, 6.07) is 3.49. The average Bonchev–Trinajstić information content (AvgIpc) is 2.86. The number of halogens is 3. The van der Waals surface area contributed by atoms with E-state index in [1.807, 2.05) is 0 Å². The van der Waals surface area contributed by atoms with Gasteiger partial charge in [0, 0.05) is 13.1 Å². The Hall–Kier alpha value is -1.72. The molecule has 0 aliphatic carbocycles. The van der Waals surface area contributed by atoms with Crippen molar-refractivity contribution in [2.24, 2.45) is 5.92 Å². The monoisotopic (exact) mass is 300 g/mol. The molecule has 1 saturated heterocycles. The maximum Gasteiger partial charge on any atom is 0.418 e. The Balaban J connectivity index is 2.21. The van der Waals surface area contributed by atoms with Crippen molar-refractivity contribution >= 4 is 11.6 Å². The lowest BCUT2D eigenvalue weighted by molar-refractivity contribution is -0.136. The number of benzene rings is 1. The second-order valence-electron chi connectivity index (χ2n) is 5.46.